The molecule has 0 saturated carbocycles. The number of aromatic nitrogens is 2. The Kier molecular flexibility index (Phi) is 4.21. The topological polar surface area (TPSA) is 52.5 Å². The second-order valence-electron chi connectivity index (χ2n) is 5.58. The minimum atomic E-state index is -0.461. The van der Waals surface area contributed by atoms with Crippen LogP contribution in [0.3, 0.4) is 0 Å². The molecule has 5 nitrogen and oxygen atoms in total. The van der Waals surface area contributed by atoms with Crippen LogP contribution in [0.25, 0.3) is 11.0 Å². The molecule has 0 atom stereocenters. The van der Waals surface area contributed by atoms with Gasteiger partial charge in [0, 0.05) is 32.2 Å². The van der Waals surface area contributed by atoms with Gasteiger partial charge in [-0.05, 0) is 25.4 Å². The number of fused-ring (bicyclic) bond motifs is 1. The van der Waals surface area contributed by atoms with Crippen molar-refractivity contribution in [3.63, 3.8) is 0 Å². The second kappa shape index (κ2) is 5.99. The third-order valence-electron chi connectivity index (χ3n) is 4.03. The van der Waals surface area contributed by atoms with E-state index in [1.807, 2.05) is 9.71 Å². The quantitative estimate of drug-likeness (QED) is 0.857. The maximum Gasteiger partial charge on any atom is 0.376 e. The van der Waals surface area contributed by atoms with E-state index in [1.54, 1.807) is 19.8 Å². The van der Waals surface area contributed by atoms with Crippen molar-refractivity contribution in [3.8, 4) is 0 Å². The molecule has 1 aliphatic rings. The lowest BCUT2D eigenvalue weighted by Crippen LogP contribution is -2.51. The van der Waals surface area contributed by atoms with Gasteiger partial charge in [0.15, 0.2) is 11.0 Å². The van der Waals surface area contributed by atoms with E-state index in [0.29, 0.717) is 40.7 Å². The summed E-state index contributed by atoms with van der Waals surface area (Å²) in [6.45, 7) is 6.27. The van der Waals surface area contributed by atoms with Gasteiger partial charge in [0.25, 0.3) is 0 Å². The van der Waals surface area contributed by atoms with E-state index >= 15 is 0 Å². The van der Waals surface area contributed by atoms with Crippen LogP contribution in [-0.4, -0.2) is 53.0 Å². The van der Waals surface area contributed by atoms with E-state index in [2.05, 4.69) is 9.97 Å². The molecule has 0 aliphatic carbocycles. The number of aryl methyl sites for hydroxylation is 1. The van der Waals surface area contributed by atoms with E-state index in [1.165, 1.54) is 6.07 Å². The number of nitrogens with zero attached hydrogens (tertiary/aromatic N) is 4. The lowest BCUT2D eigenvalue weighted by molar-refractivity contribution is 0.344. The summed E-state index contributed by atoms with van der Waals surface area (Å²) in [4.78, 5) is 12.8. The van der Waals surface area contributed by atoms with Gasteiger partial charge in [-0.2, -0.15) is 0 Å². The first kappa shape index (κ1) is 15.5. The SMILES string of the molecule is CB(O)N1CCN(c2nc3cc(F)c(C)cc3nc2Cl)CC1. The summed E-state index contributed by atoms with van der Waals surface area (Å²) in [5, 5.41) is 9.92. The van der Waals surface area contributed by atoms with Crippen LogP contribution in [0.2, 0.25) is 12.0 Å². The van der Waals surface area contributed by atoms with E-state index in [9.17, 15) is 9.41 Å². The number of anilines is 1. The van der Waals surface area contributed by atoms with Crippen molar-refractivity contribution in [1.82, 2.24) is 14.8 Å². The Morgan fingerprint density at radius 3 is 2.45 bits per heavy atom. The van der Waals surface area contributed by atoms with Crippen LogP contribution in [0.5, 0.6) is 0 Å². The van der Waals surface area contributed by atoms with Crippen molar-refractivity contribution in [2.75, 3.05) is 31.1 Å². The van der Waals surface area contributed by atoms with Crippen molar-refractivity contribution >= 4 is 35.5 Å². The Labute approximate surface area is 133 Å². The second-order valence-corrected chi connectivity index (χ2v) is 5.94. The zero-order valence-corrected chi connectivity index (χ0v) is 13.3. The summed E-state index contributed by atoms with van der Waals surface area (Å²) in [7, 11) is -0.461. The summed E-state index contributed by atoms with van der Waals surface area (Å²) < 4.78 is 13.7. The molecular formula is C14H17BClFN4O. The molecule has 1 N–H and O–H groups in total. The molecule has 0 unspecified atom stereocenters. The summed E-state index contributed by atoms with van der Waals surface area (Å²) in [6.07, 6.45) is 0. The first-order chi connectivity index (χ1) is 10.5. The fraction of sp³-hybridized carbons (Fsp3) is 0.429. The minimum absolute atomic E-state index is 0.297. The number of benzene rings is 1. The van der Waals surface area contributed by atoms with E-state index in [0.717, 1.165) is 13.1 Å². The smallest absolute Gasteiger partial charge is 0.376 e. The summed E-state index contributed by atoms with van der Waals surface area (Å²) in [5.41, 5.74) is 1.62. The highest BCUT2D eigenvalue weighted by atomic mass is 35.5. The van der Waals surface area contributed by atoms with Gasteiger partial charge in [0.1, 0.15) is 5.82 Å². The summed E-state index contributed by atoms with van der Waals surface area (Å²) in [5.74, 6) is 0.275. The standard InChI is InChI=1S/C14H17BClFN4O/c1-9-7-11-12(8-10(9)17)19-14(13(16)18-11)20-3-5-21(6-4-20)15(2)22/h7-8,22H,3-6H2,1-2H3. The fourth-order valence-corrected chi connectivity index (χ4v) is 2.91. The molecule has 0 spiro atoms. The predicted molar refractivity (Wildman–Crippen MR) is 86.9 cm³/mol. The Hall–Kier alpha value is -1.44. The van der Waals surface area contributed by atoms with E-state index < -0.39 is 7.05 Å². The number of piperazine rings is 1. The molecule has 8 heteroatoms. The molecule has 1 fully saturated rings. The molecule has 116 valence electrons. The highest BCUT2D eigenvalue weighted by molar-refractivity contribution is 6.45. The van der Waals surface area contributed by atoms with Gasteiger partial charge in [-0.3, -0.25) is 0 Å². The monoisotopic (exact) mass is 322 g/mol. The summed E-state index contributed by atoms with van der Waals surface area (Å²) in [6, 6.07) is 3.04. The van der Waals surface area contributed by atoms with Gasteiger partial charge >= 0.3 is 7.05 Å². The van der Waals surface area contributed by atoms with Crippen LogP contribution >= 0.6 is 11.6 Å². The van der Waals surface area contributed by atoms with Crippen molar-refractivity contribution in [2.24, 2.45) is 0 Å². The first-order valence-electron chi connectivity index (χ1n) is 7.26. The third kappa shape index (κ3) is 2.88. The van der Waals surface area contributed by atoms with Gasteiger partial charge in [-0.15, -0.1) is 0 Å². The van der Waals surface area contributed by atoms with Gasteiger partial charge in [-0.1, -0.05) is 11.6 Å². The van der Waals surface area contributed by atoms with Crippen molar-refractivity contribution in [2.45, 2.75) is 13.7 Å². The fourth-order valence-electron chi connectivity index (χ4n) is 2.66. The molecule has 2 aromatic rings. The maximum atomic E-state index is 13.7. The van der Waals surface area contributed by atoms with Crippen LogP contribution in [-0.2, 0) is 0 Å². The van der Waals surface area contributed by atoms with Gasteiger partial charge in [0.2, 0.25) is 0 Å². The van der Waals surface area contributed by atoms with Crippen LogP contribution in [0.1, 0.15) is 5.56 Å². The Balaban J connectivity index is 1.91. The molecule has 22 heavy (non-hydrogen) atoms. The molecule has 3 rings (SSSR count). The van der Waals surface area contributed by atoms with Crippen molar-refractivity contribution in [3.05, 3.63) is 28.7 Å². The molecule has 1 aromatic carbocycles. The minimum Gasteiger partial charge on any atom is -0.437 e. The Bertz CT molecular complexity index is 707. The third-order valence-corrected chi connectivity index (χ3v) is 4.28. The molecule has 0 radical (unpaired) electrons. The van der Waals surface area contributed by atoms with Crippen LogP contribution < -0.4 is 4.90 Å². The van der Waals surface area contributed by atoms with Crippen LogP contribution in [0.15, 0.2) is 12.1 Å². The largest absolute Gasteiger partial charge is 0.437 e. The summed E-state index contributed by atoms with van der Waals surface area (Å²) >= 11 is 6.26. The average molecular weight is 323 g/mol. The molecule has 1 saturated heterocycles. The van der Waals surface area contributed by atoms with Crippen molar-refractivity contribution < 1.29 is 9.41 Å². The highest BCUT2D eigenvalue weighted by Crippen LogP contribution is 2.27. The van der Waals surface area contributed by atoms with Gasteiger partial charge in [0.05, 0.1) is 11.0 Å². The number of hydrogen-bond acceptors (Lipinski definition) is 5. The number of rotatable bonds is 2. The normalized spacial score (nSPS) is 16.3. The number of halogens is 2. The highest BCUT2D eigenvalue weighted by Gasteiger charge is 2.25. The molecule has 1 aliphatic heterocycles. The van der Waals surface area contributed by atoms with Gasteiger partial charge < -0.3 is 14.7 Å². The van der Waals surface area contributed by atoms with E-state index in [4.69, 9.17) is 11.6 Å². The van der Waals surface area contributed by atoms with Crippen LogP contribution in [0.4, 0.5) is 10.2 Å². The first-order valence-corrected chi connectivity index (χ1v) is 7.64. The molecule has 0 amide bonds. The Morgan fingerprint density at radius 2 is 1.82 bits per heavy atom. The van der Waals surface area contributed by atoms with Crippen LogP contribution in [0, 0.1) is 12.7 Å². The lowest BCUT2D eigenvalue weighted by Gasteiger charge is -2.36. The van der Waals surface area contributed by atoms with Gasteiger partial charge in [-0.25, -0.2) is 14.4 Å². The Morgan fingerprint density at radius 1 is 1.18 bits per heavy atom. The predicted octanol–water partition coefficient (Wildman–Crippen LogP) is 1.96. The zero-order valence-electron chi connectivity index (χ0n) is 12.6. The van der Waals surface area contributed by atoms with Crippen molar-refractivity contribution in [1.29, 1.82) is 0 Å². The maximum absolute atomic E-state index is 13.7. The molecule has 0 bridgehead atoms. The molecule has 2 heterocycles. The number of hydrogen-bond donors (Lipinski definition) is 1. The lowest BCUT2D eigenvalue weighted by atomic mass is 9.84. The molecular weight excluding hydrogens is 305 g/mol. The average Bonchev–Trinajstić information content (AvgIpc) is 2.48. The zero-order chi connectivity index (χ0) is 15.9. The molecule has 1 aromatic heterocycles. The van der Waals surface area contributed by atoms with E-state index in [-0.39, 0.29) is 5.82 Å².